The van der Waals surface area contributed by atoms with Crippen molar-refractivity contribution < 1.29 is 18.3 Å². The number of carbonyl (C=O) groups excluding carboxylic acids is 1. The molecule has 9 heteroatoms. The van der Waals surface area contributed by atoms with E-state index in [-0.39, 0.29) is 30.0 Å². The second-order valence-electron chi connectivity index (χ2n) is 9.61. The predicted octanol–water partition coefficient (Wildman–Crippen LogP) is 2.85. The van der Waals surface area contributed by atoms with Crippen molar-refractivity contribution >= 4 is 5.91 Å². The van der Waals surface area contributed by atoms with Gasteiger partial charge in [0.05, 0.1) is 0 Å². The zero-order valence-corrected chi connectivity index (χ0v) is 19.8. The topological polar surface area (TPSA) is 67.7 Å². The first-order valence-electron chi connectivity index (χ1n) is 11.9. The number of carbonyl (C=O) groups is 1. The van der Waals surface area contributed by atoms with Gasteiger partial charge in [0, 0.05) is 44.4 Å². The first-order valence-corrected chi connectivity index (χ1v) is 11.9. The molecule has 0 N–H and O–H groups in total. The lowest BCUT2D eigenvalue weighted by molar-refractivity contribution is -0.132. The summed E-state index contributed by atoms with van der Waals surface area (Å²) in [4.78, 5) is 33.7. The van der Waals surface area contributed by atoms with E-state index in [9.17, 15) is 18.4 Å². The Kier molecular flexibility index (Phi) is 7.60. The van der Waals surface area contributed by atoms with Crippen molar-refractivity contribution in [3.8, 4) is 5.88 Å². The molecule has 1 aromatic heterocycles. The molecule has 0 bridgehead atoms. The van der Waals surface area contributed by atoms with E-state index < -0.39 is 11.6 Å². The number of halogens is 2. The van der Waals surface area contributed by atoms with Gasteiger partial charge in [-0.25, -0.2) is 13.6 Å². The van der Waals surface area contributed by atoms with Gasteiger partial charge in [-0.3, -0.25) is 9.36 Å². The normalized spacial score (nSPS) is 20.3. The standard InChI is InChI=1S/C25H32F2N4O3/c1-29(2)11-9-24(32)30-10-3-4-18-6-7-20-13-23(28-25(33)31(20)15-19(18)14-30)34-16-17-5-8-21(26)22(27)12-17/h5,8,12-13,18-19H,3-4,6-7,9-11,14-16H2,1-2H3. The van der Waals surface area contributed by atoms with Gasteiger partial charge in [0.1, 0.15) is 6.61 Å². The Hall–Kier alpha value is -2.81. The van der Waals surface area contributed by atoms with Gasteiger partial charge in [-0.1, -0.05) is 6.07 Å². The number of benzene rings is 1. The minimum Gasteiger partial charge on any atom is -0.473 e. The van der Waals surface area contributed by atoms with Crippen LogP contribution in [0.25, 0.3) is 0 Å². The predicted molar refractivity (Wildman–Crippen MR) is 123 cm³/mol. The molecule has 2 atom stereocenters. The first kappa shape index (κ1) is 24.3. The Bertz CT molecular complexity index is 1090. The zero-order chi connectivity index (χ0) is 24.2. The molecule has 2 aliphatic rings. The average Bonchev–Trinajstić information content (AvgIpc) is 3.10. The smallest absolute Gasteiger partial charge is 0.351 e. The van der Waals surface area contributed by atoms with Crippen molar-refractivity contribution in [2.75, 3.05) is 33.7 Å². The van der Waals surface area contributed by atoms with Crippen molar-refractivity contribution in [1.29, 1.82) is 0 Å². The van der Waals surface area contributed by atoms with Crippen LogP contribution in [-0.4, -0.2) is 59.0 Å². The molecule has 0 aliphatic carbocycles. The fourth-order valence-corrected chi connectivity index (χ4v) is 4.96. The monoisotopic (exact) mass is 474 g/mol. The molecule has 2 aromatic rings. The molecule has 1 amide bonds. The quantitative estimate of drug-likeness (QED) is 0.644. The highest BCUT2D eigenvalue weighted by molar-refractivity contribution is 5.76. The molecule has 1 saturated heterocycles. The highest BCUT2D eigenvalue weighted by atomic mass is 19.2. The molecule has 1 aromatic carbocycles. The van der Waals surface area contributed by atoms with Gasteiger partial charge < -0.3 is 14.5 Å². The third kappa shape index (κ3) is 5.81. The SMILES string of the molecule is CN(C)CCC(=O)N1CCCC2CCc3cc(OCc4ccc(F)c(F)c4)nc(=O)n3CC2C1. The minimum absolute atomic E-state index is 0.0115. The lowest BCUT2D eigenvalue weighted by Gasteiger charge is -2.28. The number of ether oxygens (including phenoxy) is 1. The van der Waals surface area contributed by atoms with E-state index in [2.05, 4.69) is 4.98 Å². The van der Waals surface area contributed by atoms with E-state index in [1.54, 1.807) is 10.6 Å². The van der Waals surface area contributed by atoms with Crippen LogP contribution in [0.4, 0.5) is 8.78 Å². The van der Waals surface area contributed by atoms with Gasteiger partial charge in [-0.15, -0.1) is 0 Å². The summed E-state index contributed by atoms with van der Waals surface area (Å²) >= 11 is 0. The Morgan fingerprint density at radius 1 is 1.15 bits per heavy atom. The Morgan fingerprint density at radius 3 is 2.74 bits per heavy atom. The Labute approximate surface area is 198 Å². The molecule has 1 fully saturated rings. The number of hydrogen-bond acceptors (Lipinski definition) is 5. The fraction of sp³-hybridized carbons (Fsp3) is 0.560. The Balaban J connectivity index is 1.46. The molecular weight excluding hydrogens is 442 g/mol. The number of rotatable bonds is 6. The molecule has 0 saturated carbocycles. The summed E-state index contributed by atoms with van der Waals surface area (Å²) in [5.74, 6) is -0.851. The highest BCUT2D eigenvalue weighted by Crippen LogP contribution is 2.32. The first-order chi connectivity index (χ1) is 16.3. The van der Waals surface area contributed by atoms with Crippen LogP contribution in [0.1, 0.15) is 36.9 Å². The van der Waals surface area contributed by atoms with E-state index in [1.165, 1.54) is 6.07 Å². The van der Waals surface area contributed by atoms with Gasteiger partial charge in [0.25, 0.3) is 0 Å². The maximum absolute atomic E-state index is 13.4. The third-order valence-corrected chi connectivity index (χ3v) is 6.88. The summed E-state index contributed by atoms with van der Waals surface area (Å²) in [5, 5.41) is 0. The molecular formula is C25H32F2N4O3. The van der Waals surface area contributed by atoms with Crippen molar-refractivity contribution in [2.45, 2.75) is 45.3 Å². The number of amides is 1. The molecule has 184 valence electrons. The van der Waals surface area contributed by atoms with E-state index >= 15 is 0 Å². The second-order valence-corrected chi connectivity index (χ2v) is 9.61. The number of fused-ring (bicyclic) bond motifs is 2. The molecule has 2 aliphatic heterocycles. The van der Waals surface area contributed by atoms with Crippen molar-refractivity contribution in [2.24, 2.45) is 11.8 Å². The summed E-state index contributed by atoms with van der Waals surface area (Å²) in [5.41, 5.74) is 0.934. The van der Waals surface area contributed by atoms with Gasteiger partial charge >= 0.3 is 5.69 Å². The summed E-state index contributed by atoms with van der Waals surface area (Å²) in [6, 6.07) is 5.33. The molecule has 0 spiro atoms. The number of aromatic nitrogens is 2. The molecule has 3 heterocycles. The van der Waals surface area contributed by atoms with E-state index in [1.807, 2.05) is 23.9 Å². The summed E-state index contributed by atoms with van der Waals surface area (Å²) < 4.78 is 33.9. The van der Waals surface area contributed by atoms with Crippen LogP contribution >= 0.6 is 0 Å². The van der Waals surface area contributed by atoms with Crippen LogP contribution in [0.5, 0.6) is 5.88 Å². The van der Waals surface area contributed by atoms with Gasteiger partial charge in [0.2, 0.25) is 11.8 Å². The van der Waals surface area contributed by atoms with Crippen molar-refractivity contribution in [1.82, 2.24) is 19.4 Å². The second kappa shape index (κ2) is 10.6. The fourth-order valence-electron chi connectivity index (χ4n) is 4.96. The number of likely N-dealkylation sites (tertiary alicyclic amines) is 1. The zero-order valence-electron chi connectivity index (χ0n) is 19.8. The van der Waals surface area contributed by atoms with Crippen molar-refractivity contribution in [3.63, 3.8) is 0 Å². The number of aryl methyl sites for hydroxylation is 1. The van der Waals surface area contributed by atoms with Crippen LogP contribution in [0.2, 0.25) is 0 Å². The highest BCUT2D eigenvalue weighted by Gasteiger charge is 2.32. The average molecular weight is 475 g/mol. The largest absolute Gasteiger partial charge is 0.473 e. The molecule has 4 rings (SSSR count). The van der Waals surface area contributed by atoms with Gasteiger partial charge in [-0.2, -0.15) is 4.98 Å². The molecule has 0 radical (unpaired) electrons. The van der Waals surface area contributed by atoms with Crippen LogP contribution in [0.3, 0.4) is 0 Å². The number of hydrogen-bond donors (Lipinski definition) is 0. The molecule has 34 heavy (non-hydrogen) atoms. The maximum Gasteiger partial charge on any atom is 0.351 e. The van der Waals surface area contributed by atoms with E-state index in [0.29, 0.717) is 31.0 Å². The Morgan fingerprint density at radius 2 is 1.97 bits per heavy atom. The van der Waals surface area contributed by atoms with Crippen LogP contribution in [0, 0.1) is 23.5 Å². The summed E-state index contributed by atoms with van der Waals surface area (Å²) in [7, 11) is 3.92. The van der Waals surface area contributed by atoms with Crippen LogP contribution in [0.15, 0.2) is 29.1 Å². The number of nitrogens with zero attached hydrogens (tertiary/aromatic N) is 4. The third-order valence-electron chi connectivity index (χ3n) is 6.88. The van der Waals surface area contributed by atoms with Gasteiger partial charge in [-0.05, 0) is 69.3 Å². The summed E-state index contributed by atoms with van der Waals surface area (Å²) in [6.45, 7) is 2.69. The molecule has 2 unspecified atom stereocenters. The summed E-state index contributed by atoms with van der Waals surface area (Å²) in [6.07, 6.45) is 4.19. The maximum atomic E-state index is 13.4. The lowest BCUT2D eigenvalue weighted by atomic mass is 9.86. The van der Waals surface area contributed by atoms with Gasteiger partial charge in [0.15, 0.2) is 11.6 Å². The lowest BCUT2D eigenvalue weighted by Crippen LogP contribution is -2.39. The van der Waals surface area contributed by atoms with Crippen molar-refractivity contribution in [3.05, 3.63) is 57.6 Å². The molecule has 7 nitrogen and oxygen atoms in total. The minimum atomic E-state index is -0.941. The van der Waals surface area contributed by atoms with Crippen LogP contribution in [-0.2, 0) is 24.4 Å². The van der Waals surface area contributed by atoms with Crippen LogP contribution < -0.4 is 10.4 Å². The van der Waals surface area contributed by atoms with E-state index in [0.717, 1.165) is 56.6 Å². The van der Waals surface area contributed by atoms with E-state index in [4.69, 9.17) is 4.74 Å².